The Morgan fingerprint density at radius 1 is 1.10 bits per heavy atom. The Labute approximate surface area is 183 Å². The fraction of sp³-hybridized carbons (Fsp3) is 0.609. The Bertz CT molecular complexity index is 743. The van der Waals surface area contributed by atoms with E-state index in [0.717, 1.165) is 57.7 Å². The van der Waals surface area contributed by atoms with Crippen molar-refractivity contribution in [1.29, 1.82) is 0 Å². The molecular weight excluding hydrogens is 396 g/mol. The van der Waals surface area contributed by atoms with Gasteiger partial charge in [0.15, 0.2) is 0 Å². The van der Waals surface area contributed by atoms with Crippen molar-refractivity contribution in [2.45, 2.75) is 44.6 Å². The molecule has 1 heterocycles. The smallest absolute Gasteiger partial charge is 0.242 e. The molecule has 8 heteroatoms. The van der Waals surface area contributed by atoms with Gasteiger partial charge in [0.05, 0.1) is 13.2 Å². The molecule has 3 amide bonds. The summed E-state index contributed by atoms with van der Waals surface area (Å²) in [5, 5.41) is 5.79. The quantitative estimate of drug-likeness (QED) is 0.372. The maximum absolute atomic E-state index is 13.0. The van der Waals surface area contributed by atoms with Gasteiger partial charge in [0.1, 0.15) is 11.5 Å². The van der Waals surface area contributed by atoms with Crippen LogP contribution in [0.15, 0.2) is 30.3 Å². The van der Waals surface area contributed by atoms with Gasteiger partial charge in [-0.2, -0.15) is 0 Å². The number of primary amides is 1. The third kappa shape index (κ3) is 6.27. The van der Waals surface area contributed by atoms with Gasteiger partial charge >= 0.3 is 0 Å². The monoisotopic (exact) mass is 430 g/mol. The number of carbonyl (C=O) groups excluding carboxylic acids is 3. The van der Waals surface area contributed by atoms with Crippen LogP contribution in [-0.2, 0) is 25.5 Å². The lowest BCUT2D eigenvalue weighted by Gasteiger charge is -2.28. The Kier molecular flexibility index (Phi) is 8.43. The van der Waals surface area contributed by atoms with E-state index in [1.165, 1.54) is 0 Å². The normalized spacial score (nSPS) is 19.5. The first kappa shape index (κ1) is 23.2. The average molecular weight is 431 g/mol. The standard InChI is InChI=1S/C23H34N4O4/c24-21(29)23(9-4-5-10-23)22(30)26-19(17-18-7-2-1-3-8-18)20(28)25-11-6-12-27-13-15-31-16-14-27/h1-3,7-8,19H,4-6,9-17H2,(H2,24,29)(H,25,28)(H,26,30). The summed E-state index contributed by atoms with van der Waals surface area (Å²) >= 11 is 0. The highest BCUT2D eigenvalue weighted by molar-refractivity contribution is 6.05. The number of morpholine rings is 1. The Morgan fingerprint density at radius 2 is 1.77 bits per heavy atom. The summed E-state index contributed by atoms with van der Waals surface area (Å²) in [5.41, 5.74) is 5.33. The van der Waals surface area contributed by atoms with E-state index in [4.69, 9.17) is 10.5 Å². The fourth-order valence-electron chi connectivity index (χ4n) is 4.38. The number of carbonyl (C=O) groups is 3. The minimum Gasteiger partial charge on any atom is -0.379 e. The van der Waals surface area contributed by atoms with Gasteiger partial charge in [0.2, 0.25) is 17.7 Å². The van der Waals surface area contributed by atoms with Crippen LogP contribution in [0.25, 0.3) is 0 Å². The zero-order valence-corrected chi connectivity index (χ0v) is 18.1. The van der Waals surface area contributed by atoms with E-state index < -0.39 is 23.3 Å². The summed E-state index contributed by atoms with van der Waals surface area (Å²) in [7, 11) is 0. The number of benzene rings is 1. The molecule has 3 rings (SSSR count). The van der Waals surface area contributed by atoms with Gasteiger partial charge in [-0.15, -0.1) is 0 Å². The van der Waals surface area contributed by atoms with Crippen molar-refractivity contribution in [3.8, 4) is 0 Å². The van der Waals surface area contributed by atoms with Crippen LogP contribution in [0.2, 0.25) is 0 Å². The predicted octanol–water partition coefficient (Wildman–Crippen LogP) is 0.598. The lowest BCUT2D eigenvalue weighted by Crippen LogP contribution is -2.55. The van der Waals surface area contributed by atoms with E-state index >= 15 is 0 Å². The number of nitrogens with zero attached hydrogens (tertiary/aromatic N) is 1. The molecule has 2 aliphatic rings. The average Bonchev–Trinajstić information content (AvgIpc) is 3.29. The highest BCUT2D eigenvalue weighted by Gasteiger charge is 2.47. The second kappa shape index (κ2) is 11.2. The Balaban J connectivity index is 1.59. The van der Waals surface area contributed by atoms with Crippen LogP contribution in [0.5, 0.6) is 0 Å². The Morgan fingerprint density at radius 3 is 2.42 bits per heavy atom. The maximum Gasteiger partial charge on any atom is 0.242 e. The molecule has 1 aliphatic heterocycles. The summed E-state index contributed by atoms with van der Waals surface area (Å²) in [6.45, 7) is 4.74. The first-order chi connectivity index (χ1) is 15.0. The van der Waals surface area contributed by atoms with Gasteiger partial charge in [-0.25, -0.2) is 0 Å². The summed E-state index contributed by atoms with van der Waals surface area (Å²) < 4.78 is 5.35. The van der Waals surface area contributed by atoms with Crippen LogP contribution >= 0.6 is 0 Å². The minimum absolute atomic E-state index is 0.239. The number of ether oxygens (including phenoxy) is 1. The Hall–Kier alpha value is -2.45. The maximum atomic E-state index is 13.0. The van der Waals surface area contributed by atoms with E-state index in [9.17, 15) is 14.4 Å². The van der Waals surface area contributed by atoms with Gasteiger partial charge in [0, 0.05) is 26.1 Å². The van der Waals surface area contributed by atoms with Crippen molar-refractivity contribution in [2.75, 3.05) is 39.4 Å². The van der Waals surface area contributed by atoms with Crippen molar-refractivity contribution in [3.63, 3.8) is 0 Å². The summed E-state index contributed by atoms with van der Waals surface area (Å²) in [4.78, 5) is 40.4. The van der Waals surface area contributed by atoms with Gasteiger partial charge in [-0.3, -0.25) is 19.3 Å². The van der Waals surface area contributed by atoms with E-state index in [2.05, 4.69) is 15.5 Å². The van der Waals surface area contributed by atoms with Crippen LogP contribution in [0.3, 0.4) is 0 Å². The van der Waals surface area contributed by atoms with E-state index in [1.807, 2.05) is 30.3 Å². The molecule has 1 atom stereocenters. The molecule has 0 spiro atoms. The van der Waals surface area contributed by atoms with Crippen LogP contribution in [0, 0.1) is 5.41 Å². The van der Waals surface area contributed by atoms with Crippen molar-refractivity contribution in [2.24, 2.45) is 11.1 Å². The molecule has 1 aliphatic carbocycles. The molecule has 170 valence electrons. The van der Waals surface area contributed by atoms with Gasteiger partial charge in [0.25, 0.3) is 0 Å². The largest absolute Gasteiger partial charge is 0.379 e. The highest BCUT2D eigenvalue weighted by Crippen LogP contribution is 2.38. The molecule has 1 aromatic carbocycles. The van der Waals surface area contributed by atoms with Gasteiger partial charge in [-0.1, -0.05) is 43.2 Å². The predicted molar refractivity (Wildman–Crippen MR) is 117 cm³/mol. The van der Waals surface area contributed by atoms with Crippen molar-refractivity contribution in [3.05, 3.63) is 35.9 Å². The van der Waals surface area contributed by atoms with Crippen LogP contribution in [-0.4, -0.2) is 68.1 Å². The summed E-state index contributed by atoms with van der Waals surface area (Å²) in [6.07, 6.45) is 3.63. The van der Waals surface area contributed by atoms with Crippen molar-refractivity contribution in [1.82, 2.24) is 15.5 Å². The SMILES string of the molecule is NC(=O)C1(C(=O)NC(Cc2ccccc2)C(=O)NCCCN2CCOCC2)CCCC1. The number of hydrogen-bond donors (Lipinski definition) is 3. The third-order valence-electron chi connectivity index (χ3n) is 6.32. The number of hydrogen-bond acceptors (Lipinski definition) is 5. The molecule has 1 aromatic rings. The van der Waals surface area contributed by atoms with Crippen LogP contribution < -0.4 is 16.4 Å². The number of amides is 3. The van der Waals surface area contributed by atoms with Gasteiger partial charge < -0.3 is 21.1 Å². The van der Waals surface area contributed by atoms with Crippen molar-refractivity contribution < 1.29 is 19.1 Å². The van der Waals surface area contributed by atoms with Crippen LogP contribution in [0.4, 0.5) is 0 Å². The third-order valence-corrected chi connectivity index (χ3v) is 6.32. The molecule has 31 heavy (non-hydrogen) atoms. The second-order valence-corrected chi connectivity index (χ2v) is 8.47. The molecule has 8 nitrogen and oxygen atoms in total. The molecule has 0 aromatic heterocycles. The molecule has 2 fully saturated rings. The van der Waals surface area contributed by atoms with Crippen molar-refractivity contribution >= 4 is 17.7 Å². The first-order valence-corrected chi connectivity index (χ1v) is 11.2. The zero-order valence-electron chi connectivity index (χ0n) is 18.1. The summed E-state index contributed by atoms with van der Waals surface area (Å²) in [5.74, 6) is -1.27. The summed E-state index contributed by atoms with van der Waals surface area (Å²) in [6, 6.07) is 8.79. The topological polar surface area (TPSA) is 114 Å². The lowest BCUT2D eigenvalue weighted by molar-refractivity contribution is -0.143. The minimum atomic E-state index is -1.20. The molecule has 1 unspecified atom stereocenters. The van der Waals surface area contributed by atoms with E-state index in [-0.39, 0.29) is 5.91 Å². The molecule has 4 N–H and O–H groups in total. The molecule has 1 saturated heterocycles. The highest BCUT2D eigenvalue weighted by atomic mass is 16.5. The lowest BCUT2D eigenvalue weighted by atomic mass is 9.84. The van der Waals surface area contributed by atoms with E-state index in [1.54, 1.807) is 0 Å². The van der Waals surface area contributed by atoms with Crippen LogP contribution in [0.1, 0.15) is 37.7 Å². The first-order valence-electron chi connectivity index (χ1n) is 11.2. The van der Waals surface area contributed by atoms with Gasteiger partial charge in [-0.05, 0) is 31.4 Å². The molecule has 1 saturated carbocycles. The number of nitrogens with two attached hydrogens (primary N) is 1. The van der Waals surface area contributed by atoms with E-state index in [0.29, 0.717) is 25.8 Å². The molecular formula is C23H34N4O4. The number of rotatable bonds is 10. The molecule has 0 radical (unpaired) electrons. The number of nitrogens with one attached hydrogen (secondary N) is 2. The second-order valence-electron chi connectivity index (χ2n) is 8.47. The zero-order chi connectivity index (χ0) is 22.1. The fourth-order valence-corrected chi connectivity index (χ4v) is 4.38. The molecule has 0 bridgehead atoms.